The fourth-order valence-corrected chi connectivity index (χ4v) is 2.86. The van der Waals surface area contributed by atoms with E-state index in [9.17, 15) is 14.4 Å². The second-order valence-corrected chi connectivity index (χ2v) is 5.58. The highest BCUT2D eigenvalue weighted by atomic mass is 35.5. The third-order valence-corrected chi connectivity index (χ3v) is 4.73. The lowest BCUT2D eigenvalue weighted by Crippen LogP contribution is -2.45. The molecule has 0 saturated heterocycles. The van der Waals surface area contributed by atoms with Crippen LogP contribution in [0, 0.1) is 0 Å². The standard InChI is InChI=1S/C11H6Cl4N2O3/c1-2(9(16)18)17-10(19)3-4(11(17)20)6(13)8(15)7(14)5(3)12/h2H,1H3,(H2,16,18). The molecule has 0 aliphatic carbocycles. The van der Waals surface area contributed by atoms with Gasteiger partial charge < -0.3 is 5.73 Å². The van der Waals surface area contributed by atoms with Crippen LogP contribution in [0.15, 0.2) is 0 Å². The number of carbonyl (C=O) groups is 3. The normalized spacial score (nSPS) is 15.6. The van der Waals surface area contributed by atoms with Gasteiger partial charge in [0.15, 0.2) is 0 Å². The van der Waals surface area contributed by atoms with E-state index >= 15 is 0 Å². The van der Waals surface area contributed by atoms with E-state index in [0.29, 0.717) is 4.90 Å². The first kappa shape index (κ1) is 15.4. The number of amides is 3. The Kier molecular flexibility index (Phi) is 3.90. The summed E-state index contributed by atoms with van der Waals surface area (Å²) in [6.45, 7) is 1.31. The van der Waals surface area contributed by atoms with E-state index in [4.69, 9.17) is 52.1 Å². The average Bonchev–Trinajstić information content (AvgIpc) is 2.64. The summed E-state index contributed by atoms with van der Waals surface area (Å²) in [7, 11) is 0. The number of primary amides is 1. The molecule has 2 N–H and O–H groups in total. The zero-order valence-corrected chi connectivity index (χ0v) is 12.9. The Hall–Kier alpha value is -1.01. The van der Waals surface area contributed by atoms with Crippen LogP contribution in [0.1, 0.15) is 27.6 Å². The van der Waals surface area contributed by atoms with E-state index in [1.54, 1.807) is 0 Å². The summed E-state index contributed by atoms with van der Waals surface area (Å²) in [4.78, 5) is 36.4. The summed E-state index contributed by atoms with van der Waals surface area (Å²) in [6.07, 6.45) is 0. The molecule has 106 valence electrons. The number of nitrogens with zero attached hydrogens (tertiary/aromatic N) is 1. The van der Waals surface area contributed by atoms with Crippen LogP contribution in [0.25, 0.3) is 0 Å². The monoisotopic (exact) mass is 354 g/mol. The molecule has 0 fully saturated rings. The highest BCUT2D eigenvalue weighted by Gasteiger charge is 2.44. The van der Waals surface area contributed by atoms with Crippen molar-refractivity contribution in [2.45, 2.75) is 13.0 Å². The lowest BCUT2D eigenvalue weighted by atomic mass is 10.1. The van der Waals surface area contributed by atoms with Gasteiger partial charge in [-0.15, -0.1) is 0 Å². The van der Waals surface area contributed by atoms with Crippen LogP contribution in [-0.2, 0) is 4.79 Å². The Labute approximate surface area is 133 Å². The van der Waals surface area contributed by atoms with Crippen LogP contribution >= 0.6 is 46.4 Å². The molecule has 0 saturated carbocycles. The summed E-state index contributed by atoms with van der Waals surface area (Å²) in [6, 6.07) is -1.15. The van der Waals surface area contributed by atoms with Crippen LogP contribution in [0.3, 0.4) is 0 Å². The van der Waals surface area contributed by atoms with E-state index < -0.39 is 23.8 Å². The minimum atomic E-state index is -1.15. The summed E-state index contributed by atoms with van der Waals surface area (Å²) in [5, 5.41) is -0.638. The summed E-state index contributed by atoms with van der Waals surface area (Å²) in [5.41, 5.74) is 4.75. The molecule has 20 heavy (non-hydrogen) atoms. The van der Waals surface area contributed by atoms with E-state index in [-0.39, 0.29) is 31.2 Å². The van der Waals surface area contributed by atoms with Crippen molar-refractivity contribution in [2.24, 2.45) is 5.73 Å². The second-order valence-electron chi connectivity index (χ2n) is 4.06. The molecule has 1 aromatic carbocycles. The average molecular weight is 356 g/mol. The summed E-state index contributed by atoms with van der Waals surface area (Å²) < 4.78 is 0. The molecular formula is C11H6Cl4N2O3. The van der Waals surface area contributed by atoms with Gasteiger partial charge in [0.1, 0.15) is 6.04 Å². The maximum atomic E-state index is 12.2. The minimum absolute atomic E-state index is 0.133. The Balaban J connectivity index is 2.73. The molecule has 0 aromatic heterocycles. The summed E-state index contributed by atoms with van der Waals surface area (Å²) >= 11 is 23.6. The van der Waals surface area contributed by atoms with Gasteiger partial charge in [-0.05, 0) is 6.92 Å². The number of benzene rings is 1. The minimum Gasteiger partial charge on any atom is -0.368 e. The molecule has 1 atom stereocenters. The van der Waals surface area contributed by atoms with Crippen molar-refractivity contribution < 1.29 is 14.4 Å². The Morgan fingerprint density at radius 3 is 1.60 bits per heavy atom. The fraction of sp³-hybridized carbons (Fsp3) is 0.182. The highest BCUT2D eigenvalue weighted by molar-refractivity contribution is 6.55. The molecule has 1 aliphatic rings. The predicted octanol–water partition coefficient (Wildman–Crippen LogP) is 2.77. The van der Waals surface area contributed by atoms with Gasteiger partial charge in [-0.2, -0.15) is 0 Å². The number of imide groups is 1. The molecule has 2 rings (SSSR count). The molecule has 5 nitrogen and oxygen atoms in total. The van der Waals surface area contributed by atoms with Crippen molar-refractivity contribution >= 4 is 64.1 Å². The van der Waals surface area contributed by atoms with Crippen LogP contribution in [0.2, 0.25) is 20.1 Å². The molecular weight excluding hydrogens is 350 g/mol. The van der Waals surface area contributed by atoms with E-state index in [2.05, 4.69) is 0 Å². The third-order valence-electron chi connectivity index (χ3n) is 2.93. The van der Waals surface area contributed by atoms with Crippen LogP contribution in [0.5, 0.6) is 0 Å². The Morgan fingerprint density at radius 1 is 0.950 bits per heavy atom. The van der Waals surface area contributed by atoms with Crippen molar-refractivity contribution in [1.82, 2.24) is 4.90 Å². The van der Waals surface area contributed by atoms with Gasteiger partial charge in [-0.3, -0.25) is 19.3 Å². The first-order valence-electron chi connectivity index (χ1n) is 5.23. The fourth-order valence-electron chi connectivity index (χ4n) is 1.85. The lowest BCUT2D eigenvalue weighted by Gasteiger charge is -2.19. The quantitative estimate of drug-likeness (QED) is 0.503. The van der Waals surface area contributed by atoms with Gasteiger partial charge in [-0.1, -0.05) is 46.4 Å². The summed E-state index contributed by atoms with van der Waals surface area (Å²) in [5.74, 6) is -2.42. The molecule has 1 aromatic rings. The largest absolute Gasteiger partial charge is 0.368 e. The molecule has 1 heterocycles. The van der Waals surface area contributed by atoms with Crippen molar-refractivity contribution in [3.05, 3.63) is 31.2 Å². The van der Waals surface area contributed by atoms with E-state index in [0.717, 1.165) is 0 Å². The Bertz CT molecular complexity index is 627. The SMILES string of the molecule is CC(C(N)=O)N1C(=O)c2c(Cl)c(Cl)c(Cl)c(Cl)c2C1=O. The molecule has 0 bridgehead atoms. The van der Waals surface area contributed by atoms with Gasteiger partial charge in [-0.25, -0.2) is 0 Å². The maximum Gasteiger partial charge on any atom is 0.263 e. The van der Waals surface area contributed by atoms with Crippen molar-refractivity contribution in [3.8, 4) is 0 Å². The van der Waals surface area contributed by atoms with Gasteiger partial charge in [0.2, 0.25) is 5.91 Å². The molecule has 1 aliphatic heterocycles. The van der Waals surface area contributed by atoms with E-state index in [1.807, 2.05) is 0 Å². The van der Waals surface area contributed by atoms with Crippen molar-refractivity contribution in [1.29, 1.82) is 0 Å². The predicted molar refractivity (Wildman–Crippen MR) is 75.6 cm³/mol. The van der Waals surface area contributed by atoms with E-state index in [1.165, 1.54) is 6.92 Å². The number of carbonyl (C=O) groups excluding carboxylic acids is 3. The van der Waals surface area contributed by atoms with Gasteiger partial charge in [0.25, 0.3) is 11.8 Å². The number of nitrogens with two attached hydrogens (primary N) is 1. The van der Waals surface area contributed by atoms with Gasteiger partial charge in [0, 0.05) is 0 Å². The zero-order valence-electron chi connectivity index (χ0n) is 9.84. The number of halogens is 4. The van der Waals surface area contributed by atoms with Gasteiger partial charge in [0.05, 0.1) is 31.2 Å². The van der Waals surface area contributed by atoms with Crippen LogP contribution in [-0.4, -0.2) is 28.7 Å². The van der Waals surface area contributed by atoms with Crippen LogP contribution < -0.4 is 5.73 Å². The third kappa shape index (κ3) is 1.97. The smallest absolute Gasteiger partial charge is 0.263 e. The molecule has 0 spiro atoms. The first-order valence-corrected chi connectivity index (χ1v) is 6.74. The highest BCUT2D eigenvalue weighted by Crippen LogP contribution is 2.45. The molecule has 9 heteroatoms. The molecule has 1 unspecified atom stereocenters. The number of hydrogen-bond donors (Lipinski definition) is 1. The van der Waals surface area contributed by atoms with Crippen molar-refractivity contribution in [3.63, 3.8) is 0 Å². The first-order chi connectivity index (χ1) is 9.20. The topological polar surface area (TPSA) is 80.5 Å². The molecule has 3 amide bonds. The van der Waals surface area contributed by atoms with Crippen LogP contribution in [0.4, 0.5) is 0 Å². The Morgan fingerprint density at radius 2 is 1.30 bits per heavy atom. The molecule has 0 radical (unpaired) electrons. The van der Waals surface area contributed by atoms with Gasteiger partial charge >= 0.3 is 0 Å². The number of hydrogen-bond acceptors (Lipinski definition) is 3. The maximum absolute atomic E-state index is 12.2. The number of fused-ring (bicyclic) bond motifs is 1. The van der Waals surface area contributed by atoms with Crippen molar-refractivity contribution in [2.75, 3.05) is 0 Å². The number of rotatable bonds is 2. The lowest BCUT2D eigenvalue weighted by molar-refractivity contribution is -0.121. The second kappa shape index (κ2) is 5.07. The zero-order chi connectivity index (χ0) is 15.4.